The molecule has 0 radical (unpaired) electrons. The summed E-state index contributed by atoms with van der Waals surface area (Å²) in [5, 5.41) is 4.17. The minimum atomic E-state index is 0.477. The van der Waals surface area contributed by atoms with E-state index in [9.17, 15) is 0 Å². The van der Waals surface area contributed by atoms with Crippen molar-refractivity contribution in [2.45, 2.75) is 12.5 Å². The van der Waals surface area contributed by atoms with E-state index in [0.29, 0.717) is 6.04 Å². The quantitative estimate of drug-likeness (QED) is 0.803. The molecule has 0 aromatic heterocycles. The van der Waals surface area contributed by atoms with Crippen LogP contribution in [0.4, 0.5) is 0 Å². The van der Waals surface area contributed by atoms with Gasteiger partial charge in [-0.1, -0.05) is 33.6 Å². The highest BCUT2D eigenvalue weighted by molar-refractivity contribution is 9.10. The Balaban J connectivity index is 2.31. The Morgan fingerprint density at radius 2 is 2.25 bits per heavy atom. The first kappa shape index (κ1) is 8.54. The maximum absolute atomic E-state index is 6.07. The fraction of sp³-hybridized carbons (Fsp3) is 0.333. The van der Waals surface area contributed by atoms with Crippen molar-refractivity contribution < 1.29 is 0 Å². The summed E-state index contributed by atoms with van der Waals surface area (Å²) in [6.45, 7) is 1.11. The van der Waals surface area contributed by atoms with Crippen LogP contribution in [0.15, 0.2) is 22.7 Å². The van der Waals surface area contributed by atoms with Crippen LogP contribution in [0.5, 0.6) is 0 Å². The second kappa shape index (κ2) is 3.36. The molecule has 1 atom stereocenters. The molecule has 1 heterocycles. The summed E-state index contributed by atoms with van der Waals surface area (Å²) in [5.41, 5.74) is 1.21. The van der Waals surface area contributed by atoms with Crippen LogP contribution < -0.4 is 5.32 Å². The van der Waals surface area contributed by atoms with Gasteiger partial charge < -0.3 is 5.32 Å². The maximum atomic E-state index is 6.07. The zero-order chi connectivity index (χ0) is 8.55. The van der Waals surface area contributed by atoms with Crippen molar-refractivity contribution in [3.05, 3.63) is 33.3 Å². The molecule has 0 saturated carbocycles. The van der Waals surface area contributed by atoms with Gasteiger partial charge in [-0.25, -0.2) is 0 Å². The summed E-state index contributed by atoms with van der Waals surface area (Å²) in [6.07, 6.45) is 1.20. The summed E-state index contributed by atoms with van der Waals surface area (Å²) in [6, 6.07) is 6.52. The molecule has 1 aromatic carbocycles. The molecule has 0 aliphatic carbocycles. The van der Waals surface area contributed by atoms with Crippen LogP contribution >= 0.6 is 27.5 Å². The molecular formula is C9H9BrClN. The molecule has 1 N–H and O–H groups in total. The van der Waals surface area contributed by atoms with E-state index in [0.717, 1.165) is 16.0 Å². The molecule has 1 aliphatic heterocycles. The predicted octanol–water partition coefficient (Wildman–Crippen LogP) is 3.14. The van der Waals surface area contributed by atoms with Crippen LogP contribution in [0.2, 0.25) is 5.02 Å². The molecule has 3 heteroatoms. The van der Waals surface area contributed by atoms with Gasteiger partial charge in [-0.3, -0.25) is 0 Å². The molecule has 64 valence electrons. The van der Waals surface area contributed by atoms with Gasteiger partial charge in [-0.2, -0.15) is 0 Å². The normalized spacial score (nSPS) is 22.0. The van der Waals surface area contributed by atoms with Crippen LogP contribution in [0.1, 0.15) is 18.0 Å². The fourth-order valence-corrected chi connectivity index (χ4v) is 2.14. The van der Waals surface area contributed by atoms with Crippen molar-refractivity contribution in [2.75, 3.05) is 6.54 Å². The van der Waals surface area contributed by atoms with Gasteiger partial charge in [0.1, 0.15) is 0 Å². The number of halogens is 2. The predicted molar refractivity (Wildman–Crippen MR) is 54.5 cm³/mol. The van der Waals surface area contributed by atoms with E-state index < -0.39 is 0 Å². The first-order chi connectivity index (χ1) is 5.77. The van der Waals surface area contributed by atoms with Crippen LogP contribution in [0.3, 0.4) is 0 Å². The van der Waals surface area contributed by atoms with E-state index in [1.807, 2.05) is 12.1 Å². The molecule has 1 fully saturated rings. The third-order valence-electron chi connectivity index (χ3n) is 2.16. The van der Waals surface area contributed by atoms with Gasteiger partial charge in [0.15, 0.2) is 0 Å². The average molecular weight is 247 g/mol. The highest BCUT2D eigenvalue weighted by Crippen LogP contribution is 2.30. The molecule has 1 nitrogen and oxygen atoms in total. The maximum Gasteiger partial charge on any atom is 0.0465 e. The van der Waals surface area contributed by atoms with E-state index in [-0.39, 0.29) is 0 Å². The number of hydrogen-bond acceptors (Lipinski definition) is 1. The van der Waals surface area contributed by atoms with Crippen LogP contribution in [-0.2, 0) is 0 Å². The Kier molecular flexibility index (Phi) is 2.40. The van der Waals surface area contributed by atoms with Gasteiger partial charge in [-0.05, 0) is 30.7 Å². The zero-order valence-electron chi connectivity index (χ0n) is 6.48. The molecule has 0 spiro atoms. The zero-order valence-corrected chi connectivity index (χ0v) is 8.82. The van der Waals surface area contributed by atoms with E-state index in [2.05, 4.69) is 27.3 Å². The number of nitrogens with one attached hydrogen (secondary N) is 1. The van der Waals surface area contributed by atoms with Gasteiger partial charge >= 0.3 is 0 Å². The van der Waals surface area contributed by atoms with Crippen LogP contribution in [0, 0.1) is 0 Å². The molecule has 0 bridgehead atoms. The third kappa shape index (κ3) is 1.51. The van der Waals surface area contributed by atoms with Crippen molar-refractivity contribution in [1.82, 2.24) is 5.32 Å². The molecule has 1 saturated heterocycles. The summed E-state index contributed by atoms with van der Waals surface area (Å²) in [4.78, 5) is 0. The molecule has 12 heavy (non-hydrogen) atoms. The highest BCUT2D eigenvalue weighted by Gasteiger charge is 2.20. The van der Waals surface area contributed by atoms with Crippen LogP contribution in [-0.4, -0.2) is 6.54 Å². The molecule has 0 unspecified atom stereocenters. The lowest BCUT2D eigenvalue weighted by Crippen LogP contribution is -2.35. The minimum absolute atomic E-state index is 0.477. The van der Waals surface area contributed by atoms with Gasteiger partial charge in [0.25, 0.3) is 0 Å². The monoisotopic (exact) mass is 245 g/mol. The van der Waals surface area contributed by atoms with Crippen molar-refractivity contribution >= 4 is 27.5 Å². The molecule has 0 amide bonds. The SMILES string of the molecule is Clc1cc(Br)ccc1[C@H]1CCN1. The molecule has 2 rings (SSSR count). The first-order valence-electron chi connectivity index (χ1n) is 3.96. The number of hydrogen-bond donors (Lipinski definition) is 1. The van der Waals surface area contributed by atoms with Gasteiger partial charge in [0.2, 0.25) is 0 Å². The lowest BCUT2D eigenvalue weighted by Gasteiger charge is -2.28. The Morgan fingerprint density at radius 3 is 2.75 bits per heavy atom. The summed E-state index contributed by atoms with van der Waals surface area (Å²) >= 11 is 9.45. The van der Waals surface area contributed by atoms with Crippen molar-refractivity contribution in [3.63, 3.8) is 0 Å². The van der Waals surface area contributed by atoms with Gasteiger partial charge in [0, 0.05) is 15.5 Å². The van der Waals surface area contributed by atoms with E-state index in [4.69, 9.17) is 11.6 Å². The minimum Gasteiger partial charge on any atom is -0.310 e. The Hall–Kier alpha value is -0.0500. The highest BCUT2D eigenvalue weighted by atomic mass is 79.9. The Morgan fingerprint density at radius 1 is 1.50 bits per heavy atom. The van der Waals surface area contributed by atoms with E-state index in [1.165, 1.54) is 12.0 Å². The van der Waals surface area contributed by atoms with Crippen molar-refractivity contribution in [3.8, 4) is 0 Å². The first-order valence-corrected chi connectivity index (χ1v) is 5.13. The second-order valence-corrected chi connectivity index (χ2v) is 4.28. The van der Waals surface area contributed by atoms with E-state index >= 15 is 0 Å². The van der Waals surface area contributed by atoms with Crippen LogP contribution in [0.25, 0.3) is 0 Å². The summed E-state index contributed by atoms with van der Waals surface area (Å²) < 4.78 is 1.04. The van der Waals surface area contributed by atoms with Gasteiger partial charge in [0.05, 0.1) is 0 Å². The largest absolute Gasteiger partial charge is 0.310 e. The Labute approximate surface area is 85.2 Å². The van der Waals surface area contributed by atoms with Crippen molar-refractivity contribution in [2.24, 2.45) is 0 Å². The molecule has 1 aromatic rings. The standard InChI is InChI=1S/C9H9BrClN/c10-6-1-2-7(8(11)5-6)9-3-4-12-9/h1-2,5,9,12H,3-4H2/t9-/m1/s1. The van der Waals surface area contributed by atoms with Crippen molar-refractivity contribution in [1.29, 1.82) is 0 Å². The molecule has 1 aliphatic rings. The van der Waals surface area contributed by atoms with Gasteiger partial charge in [-0.15, -0.1) is 0 Å². The fourth-order valence-electron chi connectivity index (χ4n) is 1.34. The lowest BCUT2D eigenvalue weighted by atomic mass is 9.98. The Bertz CT molecular complexity index is 297. The molecular weight excluding hydrogens is 237 g/mol. The number of benzene rings is 1. The second-order valence-electron chi connectivity index (χ2n) is 2.96. The van der Waals surface area contributed by atoms with E-state index in [1.54, 1.807) is 0 Å². The third-order valence-corrected chi connectivity index (χ3v) is 2.98. The smallest absolute Gasteiger partial charge is 0.0465 e. The average Bonchev–Trinajstić information content (AvgIpc) is 1.91. The summed E-state index contributed by atoms with van der Waals surface area (Å²) in [7, 11) is 0. The summed E-state index contributed by atoms with van der Waals surface area (Å²) in [5.74, 6) is 0. The number of rotatable bonds is 1. The lowest BCUT2D eigenvalue weighted by molar-refractivity contribution is 0.383. The topological polar surface area (TPSA) is 12.0 Å².